The van der Waals surface area contributed by atoms with Crippen molar-refractivity contribution in [2.45, 2.75) is 42.6 Å². The number of amides is 1. The minimum Gasteiger partial charge on any atom is -0.348 e. The molecule has 5 nitrogen and oxygen atoms in total. The van der Waals surface area contributed by atoms with Crippen molar-refractivity contribution in [3.8, 4) is 0 Å². The fourth-order valence-electron chi connectivity index (χ4n) is 2.56. The van der Waals surface area contributed by atoms with Crippen LogP contribution >= 0.6 is 11.8 Å². The molecule has 0 saturated heterocycles. The van der Waals surface area contributed by atoms with Crippen LogP contribution in [0.25, 0.3) is 0 Å². The van der Waals surface area contributed by atoms with E-state index in [2.05, 4.69) is 21.7 Å². The highest BCUT2D eigenvalue weighted by Crippen LogP contribution is 2.42. The second kappa shape index (κ2) is 6.74. The Kier molecular flexibility index (Phi) is 4.71. The van der Waals surface area contributed by atoms with Crippen molar-refractivity contribution in [2.24, 2.45) is 0 Å². The molecule has 2 aromatic rings. The number of thioether (sulfide) groups is 1. The Morgan fingerprint density at radius 3 is 2.57 bits per heavy atom. The van der Waals surface area contributed by atoms with Gasteiger partial charge < -0.3 is 9.47 Å². The Labute approximate surface area is 141 Å². The first-order valence-corrected chi connectivity index (χ1v) is 8.85. The summed E-state index contributed by atoms with van der Waals surface area (Å²) in [6.07, 6.45) is 2.39. The van der Waals surface area contributed by atoms with E-state index in [-0.39, 0.29) is 11.2 Å². The Morgan fingerprint density at radius 2 is 2.00 bits per heavy atom. The fourth-order valence-corrected chi connectivity index (χ4v) is 3.81. The average Bonchev–Trinajstić information content (AvgIpc) is 3.33. The van der Waals surface area contributed by atoms with Crippen LogP contribution in [-0.2, 0) is 11.3 Å². The molecule has 1 atom stereocenters. The standard InChI is InChI=1S/C17H22N4OS/c1-4-21-15(13-10-11-13)18-19-17(21)23-14(16(22)20(2)3)12-8-6-5-7-9-12/h5-9,13-14H,4,10-11H2,1-3H3. The zero-order valence-corrected chi connectivity index (χ0v) is 14.6. The molecule has 6 heteroatoms. The first-order valence-electron chi connectivity index (χ1n) is 7.97. The third kappa shape index (κ3) is 3.42. The molecule has 1 heterocycles. The Bertz CT molecular complexity index is 679. The molecule has 0 radical (unpaired) electrons. The third-order valence-corrected chi connectivity index (χ3v) is 5.22. The summed E-state index contributed by atoms with van der Waals surface area (Å²) in [6.45, 7) is 2.93. The molecule has 3 rings (SSSR count). The van der Waals surface area contributed by atoms with Gasteiger partial charge >= 0.3 is 0 Å². The average molecular weight is 330 g/mol. The molecule has 23 heavy (non-hydrogen) atoms. The van der Waals surface area contributed by atoms with E-state index in [1.807, 2.05) is 30.3 Å². The van der Waals surface area contributed by atoms with Crippen LogP contribution in [0.4, 0.5) is 0 Å². The van der Waals surface area contributed by atoms with E-state index in [1.54, 1.807) is 19.0 Å². The van der Waals surface area contributed by atoms with Gasteiger partial charge in [-0.25, -0.2) is 0 Å². The monoisotopic (exact) mass is 330 g/mol. The molecule has 0 spiro atoms. The quantitative estimate of drug-likeness (QED) is 0.764. The molecule has 0 bridgehead atoms. The molecular formula is C17H22N4OS. The van der Waals surface area contributed by atoms with E-state index in [1.165, 1.54) is 24.6 Å². The highest BCUT2D eigenvalue weighted by molar-refractivity contribution is 8.00. The van der Waals surface area contributed by atoms with E-state index in [0.29, 0.717) is 5.92 Å². The molecule has 1 amide bonds. The lowest BCUT2D eigenvalue weighted by Crippen LogP contribution is -2.27. The number of carbonyl (C=O) groups is 1. The molecule has 122 valence electrons. The zero-order valence-electron chi connectivity index (χ0n) is 13.8. The van der Waals surface area contributed by atoms with Gasteiger partial charge in [0.15, 0.2) is 5.16 Å². The highest BCUT2D eigenvalue weighted by atomic mass is 32.2. The summed E-state index contributed by atoms with van der Waals surface area (Å²) in [7, 11) is 3.58. The van der Waals surface area contributed by atoms with Gasteiger partial charge in [0.25, 0.3) is 0 Å². The van der Waals surface area contributed by atoms with Crippen molar-refractivity contribution in [3.05, 3.63) is 41.7 Å². The molecule has 1 fully saturated rings. The summed E-state index contributed by atoms with van der Waals surface area (Å²) in [5.41, 5.74) is 0.995. The van der Waals surface area contributed by atoms with Crippen LogP contribution in [0.5, 0.6) is 0 Å². The number of benzene rings is 1. The number of hydrogen-bond acceptors (Lipinski definition) is 4. The normalized spacial score (nSPS) is 15.4. The van der Waals surface area contributed by atoms with Crippen LogP contribution < -0.4 is 0 Å². The van der Waals surface area contributed by atoms with Gasteiger partial charge in [-0.1, -0.05) is 42.1 Å². The summed E-state index contributed by atoms with van der Waals surface area (Å²) in [5.74, 6) is 1.69. The van der Waals surface area contributed by atoms with E-state index < -0.39 is 0 Å². The summed E-state index contributed by atoms with van der Waals surface area (Å²) in [6, 6.07) is 9.88. The van der Waals surface area contributed by atoms with Gasteiger partial charge in [-0.15, -0.1) is 10.2 Å². The Hall–Kier alpha value is -1.82. The second-order valence-electron chi connectivity index (χ2n) is 6.00. The van der Waals surface area contributed by atoms with Gasteiger partial charge in [0.2, 0.25) is 5.91 Å². The summed E-state index contributed by atoms with van der Waals surface area (Å²) in [5, 5.41) is 9.26. The lowest BCUT2D eigenvalue weighted by molar-refractivity contribution is -0.128. The number of carbonyl (C=O) groups excluding carboxylic acids is 1. The highest BCUT2D eigenvalue weighted by Gasteiger charge is 2.32. The van der Waals surface area contributed by atoms with Crippen LogP contribution in [0.15, 0.2) is 35.5 Å². The van der Waals surface area contributed by atoms with Crippen LogP contribution in [0, 0.1) is 0 Å². The predicted molar refractivity (Wildman–Crippen MR) is 91.4 cm³/mol. The SMILES string of the molecule is CCn1c(SC(C(=O)N(C)C)c2ccccc2)nnc1C1CC1. The topological polar surface area (TPSA) is 51.0 Å². The number of aromatic nitrogens is 3. The van der Waals surface area contributed by atoms with Crippen LogP contribution in [0.2, 0.25) is 0 Å². The van der Waals surface area contributed by atoms with E-state index >= 15 is 0 Å². The smallest absolute Gasteiger partial charge is 0.240 e. The molecule has 1 saturated carbocycles. The maximum atomic E-state index is 12.6. The Balaban J connectivity index is 1.91. The Morgan fingerprint density at radius 1 is 1.30 bits per heavy atom. The van der Waals surface area contributed by atoms with Crippen molar-refractivity contribution in [3.63, 3.8) is 0 Å². The fraction of sp³-hybridized carbons (Fsp3) is 0.471. The molecular weight excluding hydrogens is 308 g/mol. The van der Waals surface area contributed by atoms with Crippen LogP contribution in [0.1, 0.15) is 42.3 Å². The molecule has 0 aliphatic heterocycles. The third-order valence-electron chi connectivity index (χ3n) is 3.99. The van der Waals surface area contributed by atoms with Crippen molar-refractivity contribution >= 4 is 17.7 Å². The van der Waals surface area contributed by atoms with Gasteiger partial charge in [-0.3, -0.25) is 4.79 Å². The lowest BCUT2D eigenvalue weighted by atomic mass is 10.1. The number of rotatable bonds is 6. The summed E-state index contributed by atoms with van der Waals surface area (Å²) in [4.78, 5) is 14.3. The molecule has 1 aliphatic carbocycles. The number of nitrogens with zero attached hydrogens (tertiary/aromatic N) is 4. The predicted octanol–water partition coefficient (Wildman–Crippen LogP) is 3.10. The first-order chi connectivity index (χ1) is 11.1. The number of hydrogen-bond donors (Lipinski definition) is 0. The van der Waals surface area contributed by atoms with Crippen molar-refractivity contribution in [1.82, 2.24) is 19.7 Å². The van der Waals surface area contributed by atoms with Gasteiger partial charge in [0.1, 0.15) is 11.1 Å². The van der Waals surface area contributed by atoms with Gasteiger partial charge in [0, 0.05) is 26.6 Å². The molecule has 1 unspecified atom stereocenters. The van der Waals surface area contributed by atoms with E-state index in [4.69, 9.17) is 0 Å². The van der Waals surface area contributed by atoms with E-state index in [0.717, 1.165) is 23.1 Å². The summed E-state index contributed by atoms with van der Waals surface area (Å²) < 4.78 is 2.15. The first kappa shape index (κ1) is 16.1. The maximum Gasteiger partial charge on any atom is 0.240 e. The molecule has 1 aliphatic rings. The minimum atomic E-state index is -0.298. The maximum absolute atomic E-state index is 12.6. The van der Waals surface area contributed by atoms with Crippen LogP contribution in [0.3, 0.4) is 0 Å². The molecule has 0 N–H and O–H groups in total. The van der Waals surface area contributed by atoms with Crippen LogP contribution in [-0.4, -0.2) is 39.7 Å². The molecule has 1 aromatic carbocycles. The van der Waals surface area contributed by atoms with Gasteiger partial charge in [-0.05, 0) is 25.3 Å². The van der Waals surface area contributed by atoms with Gasteiger partial charge in [0.05, 0.1) is 0 Å². The zero-order chi connectivity index (χ0) is 16.4. The van der Waals surface area contributed by atoms with Crippen molar-refractivity contribution in [2.75, 3.05) is 14.1 Å². The lowest BCUT2D eigenvalue weighted by Gasteiger charge is -2.20. The minimum absolute atomic E-state index is 0.0693. The summed E-state index contributed by atoms with van der Waals surface area (Å²) >= 11 is 1.49. The van der Waals surface area contributed by atoms with Gasteiger partial charge in [-0.2, -0.15) is 0 Å². The largest absolute Gasteiger partial charge is 0.348 e. The number of likely N-dealkylation sites (N-methyl/N-ethyl adjacent to an activating group) is 1. The van der Waals surface area contributed by atoms with E-state index in [9.17, 15) is 4.79 Å². The molecule has 1 aromatic heterocycles. The van der Waals surface area contributed by atoms with Crippen molar-refractivity contribution in [1.29, 1.82) is 0 Å². The van der Waals surface area contributed by atoms with Crippen molar-refractivity contribution < 1.29 is 4.79 Å². The second-order valence-corrected chi connectivity index (χ2v) is 7.07.